The van der Waals surface area contributed by atoms with Gasteiger partial charge in [-0.25, -0.2) is 0 Å². The topological polar surface area (TPSA) is 64.9 Å². The number of rotatable bonds is 7. The molecule has 0 saturated carbocycles. The van der Waals surface area contributed by atoms with Gasteiger partial charge in [-0.3, -0.25) is 14.9 Å². The zero-order valence-corrected chi connectivity index (χ0v) is 19.7. The van der Waals surface area contributed by atoms with E-state index in [1.165, 1.54) is 0 Å². The summed E-state index contributed by atoms with van der Waals surface area (Å²) in [7, 11) is -2.18. The third-order valence-corrected chi connectivity index (χ3v) is 11.5. The van der Waals surface area contributed by atoms with Crippen molar-refractivity contribution in [1.82, 2.24) is 0 Å². The summed E-state index contributed by atoms with van der Waals surface area (Å²) in [5.74, 6) is 0. The molecule has 1 fully saturated rings. The van der Waals surface area contributed by atoms with Gasteiger partial charge in [-0.1, -0.05) is 68.8 Å². The number of ether oxygens (including phenoxy) is 1. The van der Waals surface area contributed by atoms with Crippen molar-refractivity contribution in [1.29, 1.82) is 0 Å². The molecule has 0 aromatic heterocycles. The fourth-order valence-corrected chi connectivity index (χ4v) is 5.21. The highest BCUT2D eigenvalue weighted by molar-refractivity contribution is 8.00. The average molecular weight is 432 g/mol. The zero-order valence-electron chi connectivity index (χ0n) is 17.8. The van der Waals surface area contributed by atoms with E-state index in [1.807, 2.05) is 61.5 Å². The Morgan fingerprint density at radius 3 is 2.24 bits per heavy atom. The number of epoxide rings is 1. The van der Waals surface area contributed by atoms with Crippen LogP contribution >= 0.6 is 11.8 Å². The van der Waals surface area contributed by atoms with Crippen LogP contribution in [0.2, 0.25) is 18.1 Å². The quantitative estimate of drug-likeness (QED) is 0.172. The Hall–Kier alpha value is -1.67. The molecule has 156 valence electrons. The molecule has 0 unspecified atom stereocenters. The van der Waals surface area contributed by atoms with Gasteiger partial charge in [-0.2, -0.15) is 0 Å². The van der Waals surface area contributed by atoms with Crippen molar-refractivity contribution in [3.63, 3.8) is 0 Å². The lowest BCUT2D eigenvalue weighted by Crippen LogP contribution is -2.43. The third-order valence-electron chi connectivity index (χ3n) is 5.77. The molecular weight excluding hydrogens is 402 g/mol. The highest BCUT2D eigenvalue weighted by Crippen LogP contribution is 2.57. The summed E-state index contributed by atoms with van der Waals surface area (Å²) in [5.41, 5.74) is 2.02. The highest BCUT2D eigenvalue weighted by Gasteiger charge is 2.74. The molecule has 1 saturated heterocycles. The first-order valence-electron chi connectivity index (χ1n) is 9.77. The lowest BCUT2D eigenvalue weighted by molar-refractivity contribution is -0.532. The van der Waals surface area contributed by atoms with Gasteiger partial charge < -0.3 is 4.43 Å². The predicted molar refractivity (Wildman–Crippen MR) is 119 cm³/mol. The minimum absolute atomic E-state index is 0.0176. The summed E-state index contributed by atoms with van der Waals surface area (Å²) in [6.45, 7) is 12.8. The van der Waals surface area contributed by atoms with Crippen LogP contribution in [0.3, 0.4) is 0 Å². The fourth-order valence-electron chi connectivity index (χ4n) is 2.88. The molecule has 2 aromatic carbocycles. The standard InChI is InChI=1S/C22H29NO4SSi/c1-16-12-14-18(15-13-16)28-22(23(24)25)20(26-22)19(17-10-8-7-9-11-17)27-29(5,6)21(2,3)4/h7-15,19-20H,1-6H3/t19-,20+,22+/m0/s1. The van der Waals surface area contributed by atoms with E-state index in [1.54, 1.807) is 0 Å². The van der Waals surface area contributed by atoms with Crippen LogP contribution in [0, 0.1) is 17.0 Å². The second-order valence-electron chi connectivity index (χ2n) is 9.05. The number of hydrogen-bond acceptors (Lipinski definition) is 5. The van der Waals surface area contributed by atoms with Crippen molar-refractivity contribution in [3.8, 4) is 0 Å². The summed E-state index contributed by atoms with van der Waals surface area (Å²) >= 11 is 1.15. The number of nitrogens with zero attached hydrogens (tertiary/aromatic N) is 1. The van der Waals surface area contributed by atoms with Crippen molar-refractivity contribution in [2.24, 2.45) is 0 Å². The highest BCUT2D eigenvalue weighted by atomic mass is 32.2. The minimum Gasteiger partial charge on any atom is -0.407 e. The Kier molecular flexibility index (Phi) is 5.98. The van der Waals surface area contributed by atoms with Crippen LogP contribution < -0.4 is 0 Å². The maximum Gasteiger partial charge on any atom is 0.408 e. The van der Waals surface area contributed by atoms with Crippen LogP contribution in [0.1, 0.15) is 38.0 Å². The Labute approximate surface area is 178 Å². The van der Waals surface area contributed by atoms with E-state index in [-0.39, 0.29) is 9.96 Å². The first-order chi connectivity index (χ1) is 13.5. The van der Waals surface area contributed by atoms with E-state index in [4.69, 9.17) is 9.16 Å². The molecule has 1 aliphatic heterocycles. The second kappa shape index (κ2) is 7.87. The zero-order chi connectivity index (χ0) is 21.4. The Morgan fingerprint density at radius 2 is 1.72 bits per heavy atom. The van der Waals surface area contributed by atoms with Crippen molar-refractivity contribution in [3.05, 3.63) is 75.8 Å². The van der Waals surface area contributed by atoms with Gasteiger partial charge in [-0.05, 0) is 54.5 Å². The minimum atomic E-state index is -2.18. The van der Waals surface area contributed by atoms with Gasteiger partial charge in [0, 0.05) is 4.90 Å². The molecule has 0 spiro atoms. The summed E-state index contributed by atoms with van der Waals surface area (Å²) in [6.07, 6.45) is -1.14. The van der Waals surface area contributed by atoms with Gasteiger partial charge in [-0.15, -0.1) is 0 Å². The van der Waals surface area contributed by atoms with Crippen molar-refractivity contribution in [2.75, 3.05) is 0 Å². The van der Waals surface area contributed by atoms with Crippen molar-refractivity contribution >= 4 is 20.1 Å². The summed E-state index contributed by atoms with van der Waals surface area (Å²) in [6, 6.07) is 17.4. The lowest BCUT2D eigenvalue weighted by atomic mass is 10.1. The molecule has 1 aliphatic rings. The number of nitro groups is 1. The maximum absolute atomic E-state index is 12.1. The predicted octanol–water partition coefficient (Wildman–Crippen LogP) is 6.18. The second-order valence-corrected chi connectivity index (χ2v) is 15.1. The molecule has 3 rings (SSSR count). The Bertz CT molecular complexity index is 867. The molecule has 0 bridgehead atoms. The number of hydrogen-bond donors (Lipinski definition) is 0. The van der Waals surface area contributed by atoms with Gasteiger partial charge in [0.2, 0.25) is 6.10 Å². The maximum atomic E-state index is 12.1. The number of benzene rings is 2. The number of aryl methyl sites for hydroxylation is 1. The van der Waals surface area contributed by atoms with Crippen LogP contribution in [0.4, 0.5) is 0 Å². The van der Waals surface area contributed by atoms with Crippen molar-refractivity contribution in [2.45, 2.75) is 68.0 Å². The van der Waals surface area contributed by atoms with Crippen molar-refractivity contribution < 1.29 is 14.1 Å². The van der Waals surface area contributed by atoms with Crippen LogP contribution in [-0.4, -0.2) is 24.4 Å². The van der Waals surface area contributed by atoms with Crippen LogP contribution in [0.25, 0.3) is 0 Å². The van der Waals surface area contributed by atoms with Crippen LogP contribution in [0.15, 0.2) is 59.5 Å². The first kappa shape index (κ1) is 22.0. The fraction of sp³-hybridized carbons (Fsp3) is 0.455. The van der Waals surface area contributed by atoms with Gasteiger partial charge in [0.1, 0.15) is 6.10 Å². The molecule has 29 heavy (non-hydrogen) atoms. The largest absolute Gasteiger partial charge is 0.408 e. The molecule has 2 aromatic rings. The van der Waals surface area contributed by atoms with Gasteiger partial charge in [0.15, 0.2) is 8.32 Å². The summed E-state index contributed by atoms with van der Waals surface area (Å²) in [5, 5.41) is 10.5. The molecular formula is C22H29NO4SSi. The SMILES string of the molecule is Cc1ccc(S[C@]2([N+](=O)[O-])O[C@@H]2[C@@H](O[Si](C)(C)C(C)(C)C)c2ccccc2)cc1. The summed E-state index contributed by atoms with van der Waals surface area (Å²) in [4.78, 5) is 12.6. The molecule has 5 nitrogen and oxygen atoms in total. The molecule has 0 amide bonds. The molecule has 7 heteroatoms. The van der Waals surface area contributed by atoms with Gasteiger partial charge >= 0.3 is 5.06 Å². The number of thioether (sulfide) groups is 1. The first-order valence-corrected chi connectivity index (χ1v) is 13.5. The molecule has 1 heterocycles. The van der Waals surface area contributed by atoms with E-state index < -0.39 is 25.6 Å². The lowest BCUT2D eigenvalue weighted by Gasteiger charge is -2.39. The van der Waals surface area contributed by atoms with Crippen LogP contribution in [0.5, 0.6) is 0 Å². The normalized spacial score (nSPS) is 22.9. The molecule has 0 N–H and O–H groups in total. The van der Waals surface area contributed by atoms with E-state index in [2.05, 4.69) is 33.9 Å². The van der Waals surface area contributed by atoms with E-state index >= 15 is 0 Å². The molecule has 0 aliphatic carbocycles. The average Bonchev–Trinajstić information content (AvgIpc) is 3.37. The van der Waals surface area contributed by atoms with Gasteiger partial charge in [0.25, 0.3) is 0 Å². The smallest absolute Gasteiger partial charge is 0.407 e. The third kappa shape index (κ3) is 4.58. The Morgan fingerprint density at radius 1 is 1.14 bits per heavy atom. The summed E-state index contributed by atoms with van der Waals surface area (Å²) < 4.78 is 12.5. The van der Waals surface area contributed by atoms with Gasteiger partial charge in [0.05, 0.1) is 4.92 Å². The van der Waals surface area contributed by atoms with E-state index in [9.17, 15) is 10.1 Å². The molecule has 0 radical (unpaired) electrons. The van der Waals surface area contributed by atoms with E-state index in [0.29, 0.717) is 0 Å². The van der Waals surface area contributed by atoms with Crippen LogP contribution in [-0.2, 0) is 9.16 Å². The van der Waals surface area contributed by atoms with E-state index in [0.717, 1.165) is 27.8 Å². The molecule has 3 atom stereocenters. The Balaban J connectivity index is 1.93. The monoisotopic (exact) mass is 431 g/mol.